The lowest BCUT2D eigenvalue weighted by Gasteiger charge is -2.03. The van der Waals surface area contributed by atoms with Crippen LogP contribution in [0.15, 0.2) is 36.8 Å². The lowest BCUT2D eigenvalue weighted by atomic mass is 10.3. The number of nitrogens with one attached hydrogen (secondary N) is 1. The van der Waals surface area contributed by atoms with Crippen LogP contribution in [0, 0.1) is 0 Å². The molecular formula is C12H16N4O. The number of aliphatic hydroxyl groups excluding tert-OH is 1. The molecule has 0 aliphatic rings. The van der Waals surface area contributed by atoms with Crippen LogP contribution in [0.5, 0.6) is 0 Å². The van der Waals surface area contributed by atoms with Gasteiger partial charge in [0.05, 0.1) is 18.8 Å². The van der Waals surface area contributed by atoms with Crippen LogP contribution < -0.4 is 5.32 Å². The Hall–Kier alpha value is -2.01. The van der Waals surface area contributed by atoms with Crippen molar-refractivity contribution in [1.82, 2.24) is 15.0 Å². The van der Waals surface area contributed by atoms with Gasteiger partial charge < -0.3 is 10.4 Å². The van der Waals surface area contributed by atoms with Gasteiger partial charge in [0.1, 0.15) is 0 Å². The van der Waals surface area contributed by atoms with E-state index in [1.54, 1.807) is 18.6 Å². The topological polar surface area (TPSA) is 70.9 Å². The highest BCUT2D eigenvalue weighted by Gasteiger charge is 1.97. The molecule has 2 heterocycles. The fraction of sp³-hybridized carbons (Fsp3) is 0.250. The summed E-state index contributed by atoms with van der Waals surface area (Å²) < 4.78 is 0. The first-order chi connectivity index (χ1) is 7.88. The maximum Gasteiger partial charge on any atom is 0.222 e. The van der Waals surface area contributed by atoms with Crippen molar-refractivity contribution < 1.29 is 5.11 Å². The van der Waals surface area contributed by atoms with Gasteiger partial charge >= 0.3 is 0 Å². The third-order valence-electron chi connectivity index (χ3n) is 2.04. The summed E-state index contributed by atoms with van der Waals surface area (Å²) in [6.07, 6.45) is 4.92. The summed E-state index contributed by atoms with van der Waals surface area (Å²) in [5.41, 5.74) is 1.63. The lowest BCUT2D eigenvalue weighted by Crippen LogP contribution is -2.04. The van der Waals surface area contributed by atoms with Gasteiger partial charge in [-0.15, -0.1) is 0 Å². The Morgan fingerprint density at radius 2 is 1.88 bits per heavy atom. The van der Waals surface area contributed by atoms with Gasteiger partial charge in [0.2, 0.25) is 5.95 Å². The van der Waals surface area contributed by atoms with Crippen LogP contribution in [0.2, 0.25) is 0 Å². The zero-order chi connectivity index (χ0) is 11.2. The number of rotatable bonds is 4. The molecule has 2 aromatic rings. The highest BCUT2D eigenvalue weighted by molar-refractivity contribution is 5.25. The van der Waals surface area contributed by atoms with Crippen LogP contribution in [-0.2, 0) is 13.2 Å². The van der Waals surface area contributed by atoms with Gasteiger partial charge in [-0.2, -0.15) is 0 Å². The van der Waals surface area contributed by atoms with Gasteiger partial charge in [0.15, 0.2) is 0 Å². The highest BCUT2D eigenvalue weighted by Crippen LogP contribution is 2.02. The largest absolute Gasteiger partial charge is 0.392 e. The van der Waals surface area contributed by atoms with E-state index in [4.69, 9.17) is 5.11 Å². The van der Waals surface area contributed by atoms with E-state index in [9.17, 15) is 0 Å². The Morgan fingerprint density at radius 1 is 1.12 bits per heavy atom. The van der Waals surface area contributed by atoms with Crippen LogP contribution in [0.4, 0.5) is 5.95 Å². The standard InChI is InChI=1S/C11H12N4O.CH4/c16-8-9-5-13-11(14-6-9)15-7-10-3-1-2-4-12-10;/h1-6,16H,7-8H2,(H,13,14,15);1H4. The van der Waals surface area contributed by atoms with Crippen molar-refractivity contribution in [2.24, 2.45) is 0 Å². The number of hydrogen-bond acceptors (Lipinski definition) is 5. The third-order valence-corrected chi connectivity index (χ3v) is 2.04. The first-order valence-electron chi connectivity index (χ1n) is 4.94. The molecule has 0 bridgehead atoms. The minimum absolute atomic E-state index is 0. The predicted octanol–water partition coefficient (Wildman–Crippen LogP) is 1.61. The van der Waals surface area contributed by atoms with E-state index in [0.29, 0.717) is 18.1 Å². The summed E-state index contributed by atoms with van der Waals surface area (Å²) in [7, 11) is 0. The van der Waals surface area contributed by atoms with Crippen LogP contribution in [-0.4, -0.2) is 20.1 Å². The smallest absolute Gasteiger partial charge is 0.222 e. The van der Waals surface area contributed by atoms with Crippen molar-refractivity contribution in [3.63, 3.8) is 0 Å². The Morgan fingerprint density at radius 3 is 2.47 bits per heavy atom. The molecule has 0 fully saturated rings. The first kappa shape index (κ1) is 13.1. The van der Waals surface area contributed by atoms with Gasteiger partial charge in [-0.25, -0.2) is 9.97 Å². The van der Waals surface area contributed by atoms with Crippen LogP contribution >= 0.6 is 0 Å². The van der Waals surface area contributed by atoms with Gasteiger partial charge in [0.25, 0.3) is 0 Å². The molecule has 90 valence electrons. The lowest BCUT2D eigenvalue weighted by molar-refractivity contribution is 0.281. The van der Waals surface area contributed by atoms with Gasteiger partial charge in [-0.05, 0) is 12.1 Å². The normalized spacial score (nSPS) is 9.47. The average Bonchev–Trinajstić information content (AvgIpc) is 2.38. The van der Waals surface area contributed by atoms with E-state index >= 15 is 0 Å². The number of pyridine rings is 1. The Kier molecular flexibility index (Phi) is 5.03. The quantitative estimate of drug-likeness (QED) is 0.838. The second-order valence-electron chi connectivity index (χ2n) is 3.25. The third kappa shape index (κ3) is 3.81. The molecule has 0 amide bonds. The molecule has 0 aliphatic carbocycles. The zero-order valence-corrected chi connectivity index (χ0v) is 8.67. The average molecular weight is 232 g/mol. The molecule has 0 saturated carbocycles. The minimum atomic E-state index is -0.0411. The summed E-state index contributed by atoms with van der Waals surface area (Å²) in [6, 6.07) is 5.73. The molecule has 0 aromatic carbocycles. The van der Waals surface area contributed by atoms with Crippen LogP contribution in [0.25, 0.3) is 0 Å². The van der Waals surface area contributed by atoms with Crippen LogP contribution in [0.3, 0.4) is 0 Å². The Labute approximate surface area is 101 Å². The summed E-state index contributed by atoms with van der Waals surface area (Å²) in [4.78, 5) is 12.3. The molecule has 0 radical (unpaired) electrons. The maximum atomic E-state index is 8.83. The number of anilines is 1. The molecule has 0 unspecified atom stereocenters. The summed E-state index contributed by atoms with van der Waals surface area (Å²) in [6.45, 7) is 0.542. The van der Waals surface area contributed by atoms with Crippen molar-refractivity contribution >= 4 is 5.95 Å². The van der Waals surface area contributed by atoms with E-state index in [0.717, 1.165) is 5.69 Å². The monoisotopic (exact) mass is 232 g/mol. The van der Waals surface area contributed by atoms with Crippen molar-refractivity contribution in [2.45, 2.75) is 20.6 Å². The van der Waals surface area contributed by atoms with E-state index in [2.05, 4.69) is 20.3 Å². The van der Waals surface area contributed by atoms with Crippen molar-refractivity contribution in [3.8, 4) is 0 Å². The van der Waals surface area contributed by atoms with E-state index in [1.807, 2.05) is 18.2 Å². The van der Waals surface area contributed by atoms with Gasteiger partial charge in [0, 0.05) is 24.2 Å². The molecule has 0 spiro atoms. The molecule has 0 atom stereocenters. The van der Waals surface area contributed by atoms with E-state index in [1.165, 1.54) is 0 Å². The zero-order valence-electron chi connectivity index (χ0n) is 8.67. The first-order valence-corrected chi connectivity index (χ1v) is 4.94. The van der Waals surface area contributed by atoms with Gasteiger partial charge in [-0.1, -0.05) is 13.5 Å². The molecule has 5 nitrogen and oxygen atoms in total. The molecule has 5 heteroatoms. The van der Waals surface area contributed by atoms with Crippen molar-refractivity contribution in [3.05, 3.63) is 48.0 Å². The maximum absolute atomic E-state index is 8.83. The molecule has 0 saturated heterocycles. The predicted molar refractivity (Wildman–Crippen MR) is 66.2 cm³/mol. The SMILES string of the molecule is C.OCc1cnc(NCc2ccccn2)nc1. The van der Waals surface area contributed by atoms with Crippen LogP contribution in [0.1, 0.15) is 18.7 Å². The Balaban J connectivity index is 0.00000144. The van der Waals surface area contributed by atoms with E-state index in [-0.39, 0.29) is 14.0 Å². The molecule has 2 aromatic heterocycles. The fourth-order valence-corrected chi connectivity index (χ4v) is 1.20. The number of aliphatic hydroxyl groups is 1. The second kappa shape index (κ2) is 6.55. The van der Waals surface area contributed by atoms with Crippen molar-refractivity contribution in [1.29, 1.82) is 0 Å². The number of nitrogens with zero attached hydrogens (tertiary/aromatic N) is 3. The number of aromatic nitrogens is 3. The molecule has 0 aliphatic heterocycles. The number of hydrogen-bond donors (Lipinski definition) is 2. The summed E-state index contributed by atoms with van der Waals surface area (Å²) in [5, 5.41) is 11.9. The van der Waals surface area contributed by atoms with E-state index < -0.39 is 0 Å². The Bertz CT molecular complexity index is 430. The molecular weight excluding hydrogens is 216 g/mol. The minimum Gasteiger partial charge on any atom is -0.392 e. The van der Waals surface area contributed by atoms with Crippen molar-refractivity contribution in [2.75, 3.05) is 5.32 Å². The summed E-state index contributed by atoms with van der Waals surface area (Å²) >= 11 is 0. The molecule has 17 heavy (non-hydrogen) atoms. The summed E-state index contributed by atoms with van der Waals surface area (Å²) in [5.74, 6) is 0.530. The fourth-order valence-electron chi connectivity index (χ4n) is 1.20. The van der Waals surface area contributed by atoms with Gasteiger partial charge in [-0.3, -0.25) is 4.98 Å². The molecule has 2 N–H and O–H groups in total. The molecule has 2 rings (SSSR count). The highest BCUT2D eigenvalue weighted by atomic mass is 16.3. The second-order valence-corrected chi connectivity index (χ2v) is 3.25.